The van der Waals surface area contributed by atoms with Crippen molar-refractivity contribution in [3.8, 4) is 0 Å². The zero-order valence-electron chi connectivity index (χ0n) is 10.7. The number of pyridine rings is 1. The lowest BCUT2D eigenvalue weighted by Crippen LogP contribution is -2.13. The third kappa shape index (κ3) is 2.38. The summed E-state index contributed by atoms with van der Waals surface area (Å²) in [6.07, 6.45) is 5.79. The molecular weight excluding hydrogens is 240 g/mol. The first-order valence-electron chi connectivity index (χ1n) is 6.52. The van der Waals surface area contributed by atoms with Crippen molar-refractivity contribution < 1.29 is 9.53 Å². The molecule has 0 spiro atoms. The van der Waals surface area contributed by atoms with Gasteiger partial charge < -0.3 is 9.30 Å². The first-order chi connectivity index (χ1) is 9.29. The average molecular weight is 256 g/mol. The van der Waals surface area contributed by atoms with E-state index in [2.05, 4.69) is 11.6 Å². The number of fused-ring (bicyclic) bond motifs is 1. The van der Waals surface area contributed by atoms with Crippen LogP contribution in [0.4, 0.5) is 0 Å². The Morgan fingerprint density at radius 2 is 2.42 bits per heavy atom. The van der Waals surface area contributed by atoms with Gasteiger partial charge in [-0.1, -0.05) is 12.7 Å². The lowest BCUT2D eigenvalue weighted by molar-refractivity contribution is 0.0537. The summed E-state index contributed by atoms with van der Waals surface area (Å²) in [5.74, 6) is 0.363. The van der Waals surface area contributed by atoms with Crippen LogP contribution in [0, 0.1) is 5.92 Å². The number of nitrogens with zero attached hydrogens (tertiary/aromatic N) is 2. The van der Waals surface area contributed by atoms with Crippen molar-refractivity contribution in [1.29, 1.82) is 0 Å². The Labute approximate surface area is 111 Å². The van der Waals surface area contributed by atoms with Gasteiger partial charge in [0.2, 0.25) is 0 Å². The number of esters is 1. The molecular formula is C15H16N2O2. The van der Waals surface area contributed by atoms with E-state index in [-0.39, 0.29) is 12.6 Å². The highest BCUT2D eigenvalue weighted by atomic mass is 16.5. The second-order valence-electron chi connectivity index (χ2n) is 4.89. The van der Waals surface area contributed by atoms with Crippen LogP contribution in [0.25, 0.3) is 11.0 Å². The maximum atomic E-state index is 12.1. The van der Waals surface area contributed by atoms with Crippen molar-refractivity contribution in [3.05, 3.63) is 42.7 Å². The molecule has 0 N–H and O–H groups in total. The molecule has 1 fully saturated rings. The number of aromatic nitrogens is 2. The fraction of sp³-hybridized carbons (Fsp3) is 0.333. The normalized spacial score (nSPS) is 14.5. The number of carbonyl (C=O) groups is 1. The summed E-state index contributed by atoms with van der Waals surface area (Å²) in [7, 11) is 0. The molecule has 2 aromatic heterocycles. The molecule has 0 amide bonds. The Morgan fingerprint density at radius 1 is 1.58 bits per heavy atom. The molecule has 3 rings (SSSR count). The lowest BCUT2D eigenvalue weighted by Gasteiger charge is -2.08. The highest BCUT2D eigenvalue weighted by molar-refractivity contribution is 5.94. The van der Waals surface area contributed by atoms with E-state index < -0.39 is 0 Å². The highest BCUT2D eigenvalue weighted by Gasteiger charge is 2.26. The predicted molar refractivity (Wildman–Crippen MR) is 72.9 cm³/mol. The fourth-order valence-electron chi connectivity index (χ4n) is 2.21. The molecule has 1 aliphatic carbocycles. The molecule has 2 heterocycles. The standard InChI is InChI=1S/C15H16N2O2/c1-2-8-19-15(18)13-9-12-4-3-7-16-14(12)17(13)10-11-5-6-11/h2-4,7,9,11H,1,5-6,8,10H2. The summed E-state index contributed by atoms with van der Waals surface area (Å²) >= 11 is 0. The zero-order chi connectivity index (χ0) is 13.2. The molecule has 98 valence electrons. The van der Waals surface area contributed by atoms with E-state index in [0.717, 1.165) is 17.6 Å². The fourth-order valence-corrected chi connectivity index (χ4v) is 2.21. The maximum Gasteiger partial charge on any atom is 0.355 e. The minimum absolute atomic E-state index is 0.233. The Kier molecular flexibility index (Phi) is 3.07. The van der Waals surface area contributed by atoms with Gasteiger partial charge in [0.25, 0.3) is 0 Å². The molecule has 0 aromatic carbocycles. The van der Waals surface area contributed by atoms with Gasteiger partial charge in [0.15, 0.2) is 0 Å². The molecule has 19 heavy (non-hydrogen) atoms. The van der Waals surface area contributed by atoms with Crippen LogP contribution in [0.3, 0.4) is 0 Å². The van der Waals surface area contributed by atoms with Crippen molar-refractivity contribution in [3.63, 3.8) is 0 Å². The Hall–Kier alpha value is -2.10. The van der Waals surface area contributed by atoms with Crippen LogP contribution >= 0.6 is 0 Å². The van der Waals surface area contributed by atoms with E-state index in [0.29, 0.717) is 11.6 Å². The van der Waals surface area contributed by atoms with Crippen molar-refractivity contribution in [2.24, 2.45) is 5.92 Å². The van der Waals surface area contributed by atoms with Crippen LogP contribution in [0.1, 0.15) is 23.3 Å². The molecule has 0 saturated heterocycles. The van der Waals surface area contributed by atoms with Crippen LogP contribution in [0.2, 0.25) is 0 Å². The van der Waals surface area contributed by atoms with E-state index in [4.69, 9.17) is 4.74 Å². The molecule has 2 aromatic rings. The summed E-state index contributed by atoms with van der Waals surface area (Å²) < 4.78 is 7.13. The summed E-state index contributed by atoms with van der Waals surface area (Å²) in [6.45, 7) is 4.63. The minimum atomic E-state index is -0.307. The number of hydrogen-bond acceptors (Lipinski definition) is 3. The quantitative estimate of drug-likeness (QED) is 0.610. The van der Waals surface area contributed by atoms with Gasteiger partial charge in [-0.2, -0.15) is 0 Å². The van der Waals surface area contributed by atoms with Gasteiger partial charge in [0, 0.05) is 18.1 Å². The van der Waals surface area contributed by atoms with E-state index in [9.17, 15) is 4.79 Å². The molecule has 4 heteroatoms. The second kappa shape index (κ2) is 4.88. The van der Waals surface area contributed by atoms with Crippen LogP contribution in [-0.4, -0.2) is 22.1 Å². The molecule has 0 bridgehead atoms. The minimum Gasteiger partial charge on any atom is -0.457 e. The summed E-state index contributed by atoms with van der Waals surface area (Å²) in [5, 5.41) is 0.980. The smallest absolute Gasteiger partial charge is 0.355 e. The number of carbonyl (C=O) groups excluding carboxylic acids is 1. The van der Waals surface area contributed by atoms with Gasteiger partial charge in [0.1, 0.15) is 17.9 Å². The topological polar surface area (TPSA) is 44.1 Å². The highest BCUT2D eigenvalue weighted by Crippen LogP contribution is 2.32. The molecule has 1 aliphatic rings. The third-order valence-electron chi connectivity index (χ3n) is 3.33. The summed E-state index contributed by atoms with van der Waals surface area (Å²) in [4.78, 5) is 16.5. The molecule has 0 atom stereocenters. The van der Waals surface area contributed by atoms with Gasteiger partial charge in [0.05, 0.1) is 0 Å². The first kappa shape index (κ1) is 12.0. The van der Waals surface area contributed by atoms with Crippen LogP contribution in [-0.2, 0) is 11.3 Å². The zero-order valence-corrected chi connectivity index (χ0v) is 10.7. The van der Waals surface area contributed by atoms with Crippen LogP contribution in [0.15, 0.2) is 37.1 Å². The van der Waals surface area contributed by atoms with Crippen molar-refractivity contribution in [1.82, 2.24) is 9.55 Å². The van der Waals surface area contributed by atoms with E-state index in [1.165, 1.54) is 12.8 Å². The van der Waals surface area contributed by atoms with Gasteiger partial charge in [-0.25, -0.2) is 9.78 Å². The van der Waals surface area contributed by atoms with Gasteiger partial charge in [-0.15, -0.1) is 0 Å². The van der Waals surface area contributed by atoms with Crippen LogP contribution < -0.4 is 0 Å². The molecule has 0 unspecified atom stereocenters. The first-order valence-corrected chi connectivity index (χ1v) is 6.52. The molecule has 0 radical (unpaired) electrons. The number of rotatable bonds is 5. The molecule has 1 saturated carbocycles. The summed E-state index contributed by atoms with van der Waals surface area (Å²) in [5.41, 5.74) is 1.45. The van der Waals surface area contributed by atoms with E-state index >= 15 is 0 Å². The Morgan fingerprint density at radius 3 is 3.16 bits per heavy atom. The number of hydrogen-bond donors (Lipinski definition) is 0. The largest absolute Gasteiger partial charge is 0.457 e. The molecule has 4 nitrogen and oxygen atoms in total. The predicted octanol–water partition coefficient (Wildman–Crippen LogP) is 2.79. The molecule has 0 aliphatic heterocycles. The SMILES string of the molecule is C=CCOC(=O)c1cc2cccnc2n1CC1CC1. The van der Waals surface area contributed by atoms with Gasteiger partial charge in [-0.3, -0.25) is 0 Å². The van der Waals surface area contributed by atoms with Crippen molar-refractivity contribution >= 4 is 17.0 Å². The maximum absolute atomic E-state index is 12.1. The van der Waals surface area contributed by atoms with Crippen molar-refractivity contribution in [2.45, 2.75) is 19.4 Å². The second-order valence-corrected chi connectivity index (χ2v) is 4.89. The van der Waals surface area contributed by atoms with Gasteiger partial charge in [-0.05, 0) is 37.0 Å². The van der Waals surface area contributed by atoms with E-state index in [1.807, 2.05) is 22.8 Å². The summed E-state index contributed by atoms with van der Waals surface area (Å²) in [6, 6.07) is 5.70. The number of ether oxygens (including phenoxy) is 1. The van der Waals surface area contributed by atoms with E-state index in [1.54, 1.807) is 12.3 Å². The van der Waals surface area contributed by atoms with Gasteiger partial charge >= 0.3 is 5.97 Å². The van der Waals surface area contributed by atoms with Crippen LogP contribution in [0.5, 0.6) is 0 Å². The average Bonchev–Trinajstić information content (AvgIpc) is 3.17. The Balaban J connectivity index is 2.00. The third-order valence-corrected chi connectivity index (χ3v) is 3.33. The Bertz CT molecular complexity index is 626. The monoisotopic (exact) mass is 256 g/mol. The lowest BCUT2D eigenvalue weighted by atomic mass is 10.3. The van der Waals surface area contributed by atoms with Crippen molar-refractivity contribution in [2.75, 3.05) is 6.61 Å².